The minimum Gasteiger partial charge on any atom is -0.456 e. The van der Waals surface area contributed by atoms with Crippen molar-refractivity contribution in [3.05, 3.63) is 158 Å². The number of allylic oxidation sites excluding steroid dienone is 4. The van der Waals surface area contributed by atoms with Crippen LogP contribution in [0.25, 0.3) is 67.1 Å². The van der Waals surface area contributed by atoms with Crippen molar-refractivity contribution in [3.8, 4) is 62.1 Å². The normalized spacial score (nSPS) is 12.0. The van der Waals surface area contributed by atoms with Crippen LogP contribution >= 0.6 is 0 Å². The Kier molecular flexibility index (Phi) is 8.55. The van der Waals surface area contributed by atoms with Crippen LogP contribution in [0.4, 0.5) is 0 Å². The third-order valence-electron chi connectivity index (χ3n) is 8.53. The zero-order chi connectivity index (χ0) is 33.0. The molecule has 0 saturated carbocycles. The van der Waals surface area contributed by atoms with Gasteiger partial charge in [-0.1, -0.05) is 123 Å². The number of ether oxygens (including phenoxy) is 1. The Morgan fingerprint density at radius 2 is 1.21 bits per heavy atom. The van der Waals surface area contributed by atoms with Gasteiger partial charge in [-0.05, 0) is 56.3 Å². The molecule has 1 aliphatic heterocycles. The van der Waals surface area contributed by atoms with Gasteiger partial charge in [0.25, 0.3) is 0 Å². The lowest BCUT2D eigenvalue weighted by Gasteiger charge is -2.14. The highest BCUT2D eigenvalue weighted by atomic mass is 16.5. The summed E-state index contributed by atoms with van der Waals surface area (Å²) in [6.45, 7) is 8.03. The number of para-hydroxylation sites is 3. The molecule has 4 heteroatoms. The molecule has 3 heterocycles. The van der Waals surface area contributed by atoms with E-state index in [4.69, 9.17) is 14.7 Å². The molecule has 0 saturated heterocycles. The Bertz CT molecular complexity index is 2290. The maximum atomic E-state index is 6.53. The molecule has 4 nitrogen and oxygen atoms in total. The number of fused-ring (bicyclic) bond motifs is 7. The van der Waals surface area contributed by atoms with Crippen molar-refractivity contribution in [2.45, 2.75) is 27.7 Å². The maximum Gasteiger partial charge on any atom is 0.160 e. The van der Waals surface area contributed by atoms with Gasteiger partial charge in [-0.3, -0.25) is 0 Å². The van der Waals surface area contributed by atoms with Crippen molar-refractivity contribution in [3.63, 3.8) is 0 Å². The molecule has 0 bridgehead atoms. The molecular formula is C44H37N3O. The molecule has 0 spiro atoms. The summed E-state index contributed by atoms with van der Waals surface area (Å²) >= 11 is 0. The van der Waals surface area contributed by atoms with E-state index < -0.39 is 0 Å². The largest absolute Gasteiger partial charge is 0.456 e. The third kappa shape index (κ3) is 5.41. The quantitative estimate of drug-likeness (QED) is 0.179. The van der Waals surface area contributed by atoms with E-state index in [0.717, 1.165) is 67.6 Å². The first-order valence-corrected chi connectivity index (χ1v) is 16.6. The summed E-state index contributed by atoms with van der Waals surface area (Å²) in [6, 6.07) is 46.3. The number of hydrogen-bond donors (Lipinski definition) is 0. The van der Waals surface area contributed by atoms with Crippen LogP contribution in [-0.2, 0) is 0 Å². The van der Waals surface area contributed by atoms with Crippen LogP contribution in [-0.4, -0.2) is 14.5 Å². The summed E-state index contributed by atoms with van der Waals surface area (Å²) in [5.41, 5.74) is 11.5. The van der Waals surface area contributed by atoms with Crippen molar-refractivity contribution in [2.75, 3.05) is 0 Å². The van der Waals surface area contributed by atoms with Gasteiger partial charge in [0.15, 0.2) is 5.82 Å². The number of hydrogen-bond acceptors (Lipinski definition) is 3. The summed E-state index contributed by atoms with van der Waals surface area (Å²) in [5.74, 6) is 2.41. The van der Waals surface area contributed by atoms with E-state index >= 15 is 0 Å². The van der Waals surface area contributed by atoms with Crippen molar-refractivity contribution in [2.24, 2.45) is 0 Å². The molecule has 0 aliphatic carbocycles. The average molecular weight is 624 g/mol. The van der Waals surface area contributed by atoms with E-state index in [2.05, 4.69) is 120 Å². The molecule has 7 aromatic rings. The first-order chi connectivity index (χ1) is 23.7. The molecule has 0 N–H and O–H groups in total. The summed E-state index contributed by atoms with van der Waals surface area (Å²) in [6.07, 6.45) is 6.13. The third-order valence-corrected chi connectivity index (χ3v) is 8.53. The van der Waals surface area contributed by atoms with E-state index in [1.165, 1.54) is 10.9 Å². The lowest BCUT2D eigenvalue weighted by molar-refractivity contribution is 0.487. The Balaban J connectivity index is 0.00000179. The van der Waals surface area contributed by atoms with Gasteiger partial charge in [-0.15, -0.1) is 0 Å². The molecule has 48 heavy (non-hydrogen) atoms. The van der Waals surface area contributed by atoms with E-state index in [9.17, 15) is 0 Å². The Morgan fingerprint density at radius 3 is 1.90 bits per heavy atom. The zero-order valence-corrected chi connectivity index (χ0v) is 27.7. The summed E-state index contributed by atoms with van der Waals surface area (Å²) in [4.78, 5) is 10.0. The number of benzene rings is 5. The van der Waals surface area contributed by atoms with Gasteiger partial charge in [0.2, 0.25) is 0 Å². The molecule has 0 atom stereocenters. The van der Waals surface area contributed by atoms with Crippen LogP contribution in [0.5, 0.6) is 11.5 Å². The second-order valence-electron chi connectivity index (χ2n) is 11.3. The Morgan fingerprint density at radius 1 is 0.625 bits per heavy atom. The number of nitrogens with zero attached hydrogens (tertiary/aromatic N) is 3. The molecule has 0 amide bonds. The van der Waals surface area contributed by atoms with Crippen molar-refractivity contribution in [1.29, 1.82) is 0 Å². The van der Waals surface area contributed by atoms with Crippen LogP contribution in [0.2, 0.25) is 0 Å². The van der Waals surface area contributed by atoms with Gasteiger partial charge in [0, 0.05) is 44.5 Å². The van der Waals surface area contributed by atoms with E-state index in [0.29, 0.717) is 5.82 Å². The summed E-state index contributed by atoms with van der Waals surface area (Å²) in [5, 5.41) is 1.19. The molecular weight excluding hydrogens is 587 g/mol. The predicted octanol–water partition coefficient (Wildman–Crippen LogP) is 12.2. The molecule has 2 aromatic heterocycles. The first kappa shape index (κ1) is 30.6. The summed E-state index contributed by atoms with van der Waals surface area (Å²) < 4.78 is 8.89. The molecule has 1 aliphatic rings. The van der Waals surface area contributed by atoms with Crippen LogP contribution in [0, 0.1) is 0 Å². The van der Waals surface area contributed by atoms with Crippen LogP contribution < -0.4 is 4.74 Å². The Hall–Kier alpha value is -6.00. The lowest BCUT2D eigenvalue weighted by atomic mass is 9.98. The lowest BCUT2D eigenvalue weighted by Crippen LogP contribution is -2.00. The first-order valence-electron chi connectivity index (χ1n) is 16.6. The molecule has 8 rings (SSSR count). The molecule has 5 aromatic carbocycles. The fraction of sp³-hybridized carbons (Fsp3) is 0.0909. The van der Waals surface area contributed by atoms with Crippen molar-refractivity contribution in [1.82, 2.24) is 14.5 Å². The second-order valence-corrected chi connectivity index (χ2v) is 11.3. The zero-order valence-electron chi connectivity index (χ0n) is 27.7. The molecule has 0 fully saturated rings. The SMILES string of the molecule is C/C=C\C(=C/C)c1nc(-c2ccccc2)cc(-c2ccc(-n3c4c(c5ccccc53)-c3ccccc3Oc3ccccc3-4)cc2)n1.CC. The Labute approximate surface area is 282 Å². The van der Waals surface area contributed by atoms with Gasteiger partial charge in [0.1, 0.15) is 11.5 Å². The molecule has 0 radical (unpaired) electrons. The van der Waals surface area contributed by atoms with Gasteiger partial charge in [0.05, 0.1) is 22.6 Å². The fourth-order valence-electron chi connectivity index (χ4n) is 6.41. The maximum absolute atomic E-state index is 6.53. The fourth-order valence-corrected chi connectivity index (χ4v) is 6.41. The average Bonchev–Trinajstić information content (AvgIpc) is 3.42. The topological polar surface area (TPSA) is 39.9 Å². The van der Waals surface area contributed by atoms with Gasteiger partial charge >= 0.3 is 0 Å². The highest BCUT2D eigenvalue weighted by Crippen LogP contribution is 2.51. The summed E-state index contributed by atoms with van der Waals surface area (Å²) in [7, 11) is 0. The number of rotatable bonds is 5. The smallest absolute Gasteiger partial charge is 0.160 e. The minimum absolute atomic E-state index is 0.707. The number of aromatic nitrogens is 3. The van der Waals surface area contributed by atoms with E-state index in [1.807, 2.05) is 64.1 Å². The monoisotopic (exact) mass is 623 g/mol. The van der Waals surface area contributed by atoms with Gasteiger partial charge < -0.3 is 9.30 Å². The van der Waals surface area contributed by atoms with Crippen molar-refractivity contribution < 1.29 is 4.74 Å². The van der Waals surface area contributed by atoms with Gasteiger partial charge in [-0.2, -0.15) is 0 Å². The van der Waals surface area contributed by atoms with E-state index in [-0.39, 0.29) is 0 Å². The van der Waals surface area contributed by atoms with Crippen molar-refractivity contribution >= 4 is 16.5 Å². The highest BCUT2D eigenvalue weighted by molar-refractivity contribution is 6.08. The van der Waals surface area contributed by atoms with Crippen LogP contribution in [0.3, 0.4) is 0 Å². The molecule has 234 valence electrons. The standard InChI is InChI=1S/C42H31N3O.C2H6/c1-3-14-28(4-2)42-43-35(29-15-6-5-7-16-29)27-36(44-42)30-23-25-31(26-24-30)45-37-20-11-8-17-32(37)40-33-18-9-12-21-38(33)46-39-22-13-10-19-34(39)41(40)45;1-2/h3-27H,1-2H3;1-2H3/b14-3-,28-4+;. The highest BCUT2D eigenvalue weighted by Gasteiger charge is 2.28. The molecule has 0 unspecified atom stereocenters. The van der Waals surface area contributed by atoms with Crippen LogP contribution in [0.1, 0.15) is 33.5 Å². The minimum atomic E-state index is 0.707. The predicted molar refractivity (Wildman–Crippen MR) is 200 cm³/mol. The van der Waals surface area contributed by atoms with Gasteiger partial charge in [-0.25, -0.2) is 9.97 Å². The van der Waals surface area contributed by atoms with E-state index in [1.54, 1.807) is 0 Å². The second kappa shape index (κ2) is 13.4. The van der Waals surface area contributed by atoms with Crippen LogP contribution in [0.15, 0.2) is 152 Å².